The maximum atomic E-state index is 5.71. The molecule has 0 bridgehead atoms. The largest absolute Gasteiger partial charge is 0.355 e. The topological polar surface area (TPSA) is 31.4 Å². The van der Waals surface area contributed by atoms with Gasteiger partial charge in [0.1, 0.15) is 0 Å². The minimum atomic E-state index is -0.197. The number of thioether (sulfide) groups is 1. The zero-order valence-electron chi connectivity index (χ0n) is 8.07. The quantitative estimate of drug-likeness (QED) is 0.578. The van der Waals surface area contributed by atoms with Crippen molar-refractivity contribution in [1.29, 1.82) is 0 Å². The summed E-state index contributed by atoms with van der Waals surface area (Å²) < 4.78 is 10.1. The lowest BCUT2D eigenvalue weighted by molar-refractivity contribution is -0.0842. The van der Waals surface area contributed by atoms with Gasteiger partial charge in [0.2, 0.25) is 0 Å². The van der Waals surface area contributed by atoms with Gasteiger partial charge in [0.05, 0.1) is 15.8 Å². The van der Waals surface area contributed by atoms with Gasteiger partial charge >= 0.3 is 0 Å². The maximum absolute atomic E-state index is 5.71. The number of hydrogen-bond acceptors (Lipinski definition) is 4. The number of nitrogens with zero attached hydrogens (tertiary/aromatic N) is 1. The predicted octanol–water partition coefficient (Wildman–Crippen LogP) is 2.45. The molecule has 5 heteroatoms. The van der Waals surface area contributed by atoms with Gasteiger partial charge in [-0.05, 0) is 12.1 Å². The molecule has 0 atom stereocenters. The number of hydrogen-bond donors (Lipinski definition) is 0. The van der Waals surface area contributed by atoms with E-state index >= 15 is 0 Å². The minimum absolute atomic E-state index is 0.197. The first-order valence-electron chi connectivity index (χ1n) is 4.06. The highest BCUT2D eigenvalue weighted by molar-refractivity contribution is 7.99. The van der Waals surface area contributed by atoms with E-state index in [0.717, 1.165) is 5.03 Å². The van der Waals surface area contributed by atoms with Crippen molar-refractivity contribution in [2.75, 3.05) is 20.0 Å². The van der Waals surface area contributed by atoms with Crippen molar-refractivity contribution < 1.29 is 9.47 Å². The molecule has 0 unspecified atom stereocenters. The van der Waals surface area contributed by atoms with Gasteiger partial charge in [0.25, 0.3) is 0 Å². The summed E-state index contributed by atoms with van der Waals surface area (Å²) in [4.78, 5) is 4.14. The highest BCUT2D eigenvalue weighted by Crippen LogP contribution is 2.18. The second-order valence-electron chi connectivity index (χ2n) is 2.53. The minimum Gasteiger partial charge on any atom is -0.355 e. The average molecular weight is 234 g/mol. The molecule has 1 heterocycles. The molecule has 0 amide bonds. The van der Waals surface area contributed by atoms with Crippen LogP contribution in [0.15, 0.2) is 23.4 Å². The Labute approximate surface area is 92.8 Å². The summed E-state index contributed by atoms with van der Waals surface area (Å²) in [5.41, 5.74) is 0. The van der Waals surface area contributed by atoms with Crippen molar-refractivity contribution in [2.45, 2.75) is 11.3 Å². The maximum Gasteiger partial charge on any atom is 0.166 e. The number of aromatic nitrogens is 1. The lowest BCUT2D eigenvalue weighted by atomic mass is 10.5. The Morgan fingerprint density at radius 3 is 2.64 bits per heavy atom. The summed E-state index contributed by atoms with van der Waals surface area (Å²) in [6.07, 6.45) is 1.43. The lowest BCUT2D eigenvalue weighted by Crippen LogP contribution is -2.15. The van der Waals surface area contributed by atoms with Crippen molar-refractivity contribution in [3.05, 3.63) is 23.4 Å². The molecule has 1 rings (SSSR count). The first kappa shape index (κ1) is 11.8. The van der Waals surface area contributed by atoms with Crippen LogP contribution in [-0.2, 0) is 9.47 Å². The van der Waals surface area contributed by atoms with Crippen molar-refractivity contribution in [1.82, 2.24) is 4.98 Å². The third-order valence-corrected chi connectivity index (χ3v) is 2.79. The molecule has 0 aliphatic rings. The van der Waals surface area contributed by atoms with Gasteiger partial charge in [0.15, 0.2) is 6.29 Å². The molecule has 0 aliphatic heterocycles. The summed E-state index contributed by atoms with van der Waals surface area (Å²) in [5.74, 6) is 0.710. The Morgan fingerprint density at radius 2 is 2.14 bits per heavy atom. The van der Waals surface area contributed by atoms with Gasteiger partial charge < -0.3 is 9.47 Å². The molecule has 0 radical (unpaired) electrons. The van der Waals surface area contributed by atoms with Crippen LogP contribution in [-0.4, -0.2) is 31.2 Å². The highest BCUT2D eigenvalue weighted by atomic mass is 35.5. The fourth-order valence-corrected chi connectivity index (χ4v) is 1.82. The van der Waals surface area contributed by atoms with E-state index in [2.05, 4.69) is 4.98 Å². The SMILES string of the molecule is COC(CSc1ccc(Cl)cn1)OC. The number of halogens is 1. The van der Waals surface area contributed by atoms with Crippen LogP contribution < -0.4 is 0 Å². The van der Waals surface area contributed by atoms with Gasteiger partial charge in [0, 0.05) is 20.4 Å². The highest BCUT2D eigenvalue weighted by Gasteiger charge is 2.05. The van der Waals surface area contributed by atoms with Gasteiger partial charge in [-0.25, -0.2) is 4.98 Å². The zero-order valence-corrected chi connectivity index (χ0v) is 9.64. The van der Waals surface area contributed by atoms with E-state index in [9.17, 15) is 0 Å². The van der Waals surface area contributed by atoms with E-state index in [1.165, 1.54) is 0 Å². The molecular formula is C9H12ClNO2S. The number of ether oxygens (including phenoxy) is 2. The Bertz CT molecular complexity index is 264. The first-order valence-corrected chi connectivity index (χ1v) is 5.42. The summed E-state index contributed by atoms with van der Waals surface area (Å²) >= 11 is 7.27. The second kappa shape index (κ2) is 6.24. The third-order valence-electron chi connectivity index (χ3n) is 1.59. The molecule has 0 aromatic carbocycles. The molecule has 0 aliphatic carbocycles. The number of rotatable bonds is 5. The van der Waals surface area contributed by atoms with Crippen LogP contribution in [0.2, 0.25) is 5.02 Å². The molecular weight excluding hydrogens is 222 g/mol. The van der Waals surface area contributed by atoms with Crippen LogP contribution in [0.3, 0.4) is 0 Å². The van der Waals surface area contributed by atoms with Crippen LogP contribution >= 0.6 is 23.4 Å². The normalized spacial score (nSPS) is 10.9. The summed E-state index contributed by atoms with van der Waals surface area (Å²) in [6, 6.07) is 3.68. The van der Waals surface area contributed by atoms with Crippen LogP contribution in [0.1, 0.15) is 0 Å². The van der Waals surface area contributed by atoms with Crippen molar-refractivity contribution in [2.24, 2.45) is 0 Å². The molecule has 0 fully saturated rings. The molecule has 0 saturated carbocycles. The summed E-state index contributed by atoms with van der Waals surface area (Å²) in [5, 5.41) is 1.55. The molecule has 0 spiro atoms. The van der Waals surface area contributed by atoms with Crippen molar-refractivity contribution in [3.63, 3.8) is 0 Å². The second-order valence-corrected chi connectivity index (χ2v) is 4.00. The fraction of sp³-hybridized carbons (Fsp3) is 0.444. The van der Waals surface area contributed by atoms with Crippen LogP contribution in [0.4, 0.5) is 0 Å². The predicted molar refractivity (Wildman–Crippen MR) is 57.8 cm³/mol. The van der Waals surface area contributed by atoms with E-state index in [1.807, 2.05) is 12.1 Å². The van der Waals surface area contributed by atoms with Crippen molar-refractivity contribution >= 4 is 23.4 Å². The summed E-state index contributed by atoms with van der Waals surface area (Å²) in [7, 11) is 3.23. The Balaban J connectivity index is 2.41. The van der Waals surface area contributed by atoms with Gasteiger partial charge in [-0.2, -0.15) is 0 Å². The van der Waals surface area contributed by atoms with Gasteiger partial charge in [-0.3, -0.25) is 0 Å². The van der Waals surface area contributed by atoms with E-state index < -0.39 is 0 Å². The molecule has 78 valence electrons. The van der Waals surface area contributed by atoms with Crippen LogP contribution in [0, 0.1) is 0 Å². The average Bonchev–Trinajstić information content (AvgIpc) is 2.22. The van der Waals surface area contributed by atoms with Gasteiger partial charge in [-0.15, -0.1) is 11.8 Å². The Kier molecular flexibility index (Phi) is 5.25. The van der Waals surface area contributed by atoms with E-state index in [0.29, 0.717) is 10.8 Å². The van der Waals surface area contributed by atoms with E-state index in [1.54, 1.807) is 32.2 Å². The van der Waals surface area contributed by atoms with Crippen LogP contribution in [0.25, 0.3) is 0 Å². The van der Waals surface area contributed by atoms with Crippen LogP contribution in [0.5, 0.6) is 0 Å². The summed E-state index contributed by atoms with van der Waals surface area (Å²) in [6.45, 7) is 0. The fourth-order valence-electron chi connectivity index (χ4n) is 0.833. The first-order chi connectivity index (χ1) is 6.76. The molecule has 3 nitrogen and oxygen atoms in total. The number of pyridine rings is 1. The van der Waals surface area contributed by atoms with E-state index in [-0.39, 0.29) is 6.29 Å². The molecule has 1 aromatic heterocycles. The number of methoxy groups -OCH3 is 2. The van der Waals surface area contributed by atoms with Crippen molar-refractivity contribution in [3.8, 4) is 0 Å². The lowest BCUT2D eigenvalue weighted by Gasteiger charge is -2.11. The zero-order chi connectivity index (χ0) is 10.4. The Morgan fingerprint density at radius 1 is 1.43 bits per heavy atom. The standard InChI is InChI=1S/C9H12ClNO2S/c1-12-9(13-2)6-14-8-4-3-7(10)5-11-8/h3-5,9H,6H2,1-2H3. The smallest absolute Gasteiger partial charge is 0.166 e. The third kappa shape index (κ3) is 3.84. The Hall–Kier alpha value is -0.290. The van der Waals surface area contributed by atoms with Gasteiger partial charge in [-0.1, -0.05) is 11.6 Å². The molecule has 0 N–H and O–H groups in total. The monoisotopic (exact) mass is 233 g/mol. The molecule has 14 heavy (non-hydrogen) atoms. The molecule has 1 aromatic rings. The van der Waals surface area contributed by atoms with E-state index in [4.69, 9.17) is 21.1 Å². The molecule has 0 saturated heterocycles.